The summed E-state index contributed by atoms with van der Waals surface area (Å²) in [5, 5.41) is 3.50. The molecule has 0 bridgehead atoms. The standard InChI is InChI=1S/C7H6ClN3O3S/c1-4-7(15(12,13)14)11-6(9-4)3-2-5(8)10-11/h2-3H,1H3,(H,12,13,14). The minimum Gasteiger partial charge on any atom is -0.281 e. The molecule has 0 saturated heterocycles. The van der Waals surface area contributed by atoms with Crippen molar-refractivity contribution in [2.24, 2.45) is 0 Å². The average Bonchev–Trinajstić information content (AvgIpc) is 2.38. The summed E-state index contributed by atoms with van der Waals surface area (Å²) >= 11 is 5.61. The number of hydrogen-bond donors (Lipinski definition) is 1. The van der Waals surface area contributed by atoms with Gasteiger partial charge in [-0.05, 0) is 19.1 Å². The van der Waals surface area contributed by atoms with Crippen LogP contribution in [0, 0.1) is 6.92 Å². The molecule has 80 valence electrons. The molecule has 0 aliphatic heterocycles. The number of fused-ring (bicyclic) bond motifs is 1. The fourth-order valence-corrected chi connectivity index (χ4v) is 2.21. The van der Waals surface area contributed by atoms with Gasteiger partial charge in [-0.3, -0.25) is 4.55 Å². The Kier molecular flexibility index (Phi) is 2.18. The van der Waals surface area contributed by atoms with Crippen LogP contribution in [0.15, 0.2) is 17.2 Å². The van der Waals surface area contributed by atoms with Crippen molar-refractivity contribution in [3.8, 4) is 0 Å². The molecule has 15 heavy (non-hydrogen) atoms. The van der Waals surface area contributed by atoms with Crippen molar-refractivity contribution in [2.45, 2.75) is 11.9 Å². The number of rotatable bonds is 1. The van der Waals surface area contributed by atoms with E-state index in [-0.39, 0.29) is 15.9 Å². The molecule has 0 aliphatic rings. The van der Waals surface area contributed by atoms with E-state index in [1.807, 2.05) is 0 Å². The molecule has 0 fully saturated rings. The third kappa shape index (κ3) is 1.69. The zero-order valence-corrected chi connectivity index (χ0v) is 9.12. The highest BCUT2D eigenvalue weighted by Crippen LogP contribution is 2.17. The molecule has 1 N–H and O–H groups in total. The van der Waals surface area contributed by atoms with Crippen LogP contribution in [0.1, 0.15) is 5.69 Å². The number of imidazole rings is 1. The quantitative estimate of drug-likeness (QED) is 0.758. The van der Waals surface area contributed by atoms with Crippen molar-refractivity contribution in [1.82, 2.24) is 14.6 Å². The predicted molar refractivity (Wildman–Crippen MR) is 52.5 cm³/mol. The highest BCUT2D eigenvalue weighted by molar-refractivity contribution is 7.85. The summed E-state index contributed by atoms with van der Waals surface area (Å²) in [6.07, 6.45) is 0. The molecule has 2 aromatic rings. The van der Waals surface area contributed by atoms with Gasteiger partial charge in [-0.2, -0.15) is 18.0 Å². The van der Waals surface area contributed by atoms with Crippen LogP contribution in [0.5, 0.6) is 0 Å². The van der Waals surface area contributed by atoms with E-state index < -0.39 is 10.1 Å². The average molecular weight is 248 g/mol. The summed E-state index contributed by atoms with van der Waals surface area (Å²) in [6, 6.07) is 2.99. The Labute approximate surface area is 90.3 Å². The fourth-order valence-electron chi connectivity index (χ4n) is 1.30. The van der Waals surface area contributed by atoms with Gasteiger partial charge >= 0.3 is 10.1 Å². The van der Waals surface area contributed by atoms with E-state index in [1.54, 1.807) is 0 Å². The van der Waals surface area contributed by atoms with E-state index in [4.69, 9.17) is 16.2 Å². The van der Waals surface area contributed by atoms with Gasteiger partial charge in [0.15, 0.2) is 5.65 Å². The van der Waals surface area contributed by atoms with Crippen molar-refractivity contribution in [3.05, 3.63) is 23.0 Å². The van der Waals surface area contributed by atoms with Gasteiger partial charge in [0.1, 0.15) is 5.15 Å². The second kappa shape index (κ2) is 3.16. The third-order valence-corrected chi connectivity index (χ3v) is 2.97. The third-order valence-electron chi connectivity index (χ3n) is 1.81. The van der Waals surface area contributed by atoms with Crippen LogP contribution in [-0.2, 0) is 10.1 Å². The first-order chi connectivity index (χ1) is 6.89. The van der Waals surface area contributed by atoms with Crippen molar-refractivity contribution >= 4 is 27.4 Å². The molecule has 2 rings (SSSR count). The lowest BCUT2D eigenvalue weighted by Gasteiger charge is -1.97. The molecule has 0 radical (unpaired) electrons. The Morgan fingerprint density at radius 1 is 1.47 bits per heavy atom. The summed E-state index contributed by atoms with van der Waals surface area (Å²) in [5.74, 6) is 0. The molecule has 0 atom stereocenters. The molecule has 6 nitrogen and oxygen atoms in total. The largest absolute Gasteiger partial charge is 0.314 e. The van der Waals surface area contributed by atoms with Crippen LogP contribution in [-0.4, -0.2) is 27.6 Å². The summed E-state index contributed by atoms with van der Waals surface area (Å²) in [7, 11) is -4.35. The first-order valence-electron chi connectivity index (χ1n) is 3.89. The normalized spacial score (nSPS) is 12.2. The van der Waals surface area contributed by atoms with Crippen LogP contribution in [0.25, 0.3) is 5.65 Å². The second-order valence-corrected chi connectivity index (χ2v) is 4.63. The zero-order chi connectivity index (χ0) is 11.2. The van der Waals surface area contributed by atoms with E-state index in [0.29, 0.717) is 5.65 Å². The first kappa shape index (κ1) is 10.3. The molecule has 2 heterocycles. The Balaban J connectivity index is 2.95. The Morgan fingerprint density at radius 2 is 2.13 bits per heavy atom. The summed E-state index contributed by atoms with van der Waals surface area (Å²) in [6.45, 7) is 1.46. The molecular formula is C7H6ClN3O3S. The van der Waals surface area contributed by atoms with Gasteiger partial charge in [-0.25, -0.2) is 4.98 Å². The van der Waals surface area contributed by atoms with Crippen molar-refractivity contribution in [3.63, 3.8) is 0 Å². The topological polar surface area (TPSA) is 84.6 Å². The van der Waals surface area contributed by atoms with E-state index in [2.05, 4.69) is 10.1 Å². The highest BCUT2D eigenvalue weighted by Gasteiger charge is 2.21. The molecule has 0 spiro atoms. The molecule has 2 aromatic heterocycles. The number of aryl methyl sites for hydroxylation is 1. The van der Waals surface area contributed by atoms with Crippen molar-refractivity contribution < 1.29 is 13.0 Å². The van der Waals surface area contributed by atoms with Gasteiger partial charge in [0.2, 0.25) is 5.03 Å². The van der Waals surface area contributed by atoms with Crippen LogP contribution in [0.4, 0.5) is 0 Å². The fraction of sp³-hybridized carbons (Fsp3) is 0.143. The Bertz CT molecular complexity index is 634. The maximum Gasteiger partial charge on any atom is 0.314 e. The molecule has 0 aliphatic carbocycles. The van der Waals surface area contributed by atoms with E-state index in [0.717, 1.165) is 4.52 Å². The molecular weight excluding hydrogens is 242 g/mol. The first-order valence-corrected chi connectivity index (χ1v) is 5.71. The van der Waals surface area contributed by atoms with Gasteiger partial charge in [-0.1, -0.05) is 11.6 Å². The molecule has 0 saturated carbocycles. The Morgan fingerprint density at radius 3 is 2.73 bits per heavy atom. The summed E-state index contributed by atoms with van der Waals surface area (Å²) in [5.41, 5.74) is 0.483. The van der Waals surface area contributed by atoms with E-state index in [9.17, 15) is 8.42 Å². The van der Waals surface area contributed by atoms with Gasteiger partial charge in [0.25, 0.3) is 0 Å². The maximum atomic E-state index is 11.1. The van der Waals surface area contributed by atoms with Crippen LogP contribution >= 0.6 is 11.6 Å². The van der Waals surface area contributed by atoms with Crippen LogP contribution in [0.3, 0.4) is 0 Å². The summed E-state index contributed by atoms with van der Waals surface area (Å²) < 4.78 is 32.1. The van der Waals surface area contributed by atoms with Gasteiger partial charge in [0, 0.05) is 0 Å². The number of aromatic nitrogens is 3. The lowest BCUT2D eigenvalue weighted by molar-refractivity contribution is 0.475. The molecule has 0 amide bonds. The lowest BCUT2D eigenvalue weighted by Crippen LogP contribution is -2.06. The van der Waals surface area contributed by atoms with Crippen LogP contribution < -0.4 is 0 Å². The smallest absolute Gasteiger partial charge is 0.281 e. The minimum absolute atomic E-state index is 0.116. The molecule has 0 unspecified atom stereocenters. The van der Waals surface area contributed by atoms with Crippen molar-refractivity contribution in [2.75, 3.05) is 0 Å². The summed E-state index contributed by atoms with van der Waals surface area (Å²) in [4.78, 5) is 3.92. The SMILES string of the molecule is Cc1nc2ccc(Cl)nn2c1S(=O)(=O)O. The zero-order valence-electron chi connectivity index (χ0n) is 7.55. The number of halogens is 1. The minimum atomic E-state index is -4.35. The van der Waals surface area contributed by atoms with E-state index in [1.165, 1.54) is 19.1 Å². The van der Waals surface area contributed by atoms with Crippen LogP contribution in [0.2, 0.25) is 5.15 Å². The van der Waals surface area contributed by atoms with E-state index >= 15 is 0 Å². The second-order valence-electron chi connectivity index (χ2n) is 2.90. The monoisotopic (exact) mass is 247 g/mol. The number of hydrogen-bond acceptors (Lipinski definition) is 4. The van der Waals surface area contributed by atoms with Crippen molar-refractivity contribution in [1.29, 1.82) is 0 Å². The maximum absolute atomic E-state index is 11.1. The molecule has 8 heteroatoms. The van der Waals surface area contributed by atoms with Gasteiger partial charge < -0.3 is 0 Å². The van der Waals surface area contributed by atoms with Gasteiger partial charge in [0.05, 0.1) is 5.69 Å². The highest BCUT2D eigenvalue weighted by atomic mass is 35.5. The molecule has 0 aromatic carbocycles. The lowest BCUT2D eigenvalue weighted by atomic mass is 10.6. The number of nitrogens with zero attached hydrogens (tertiary/aromatic N) is 3. The Hall–Kier alpha value is -1.18. The van der Waals surface area contributed by atoms with Gasteiger partial charge in [-0.15, -0.1) is 0 Å². The predicted octanol–water partition coefficient (Wildman–Crippen LogP) is 0.938.